The van der Waals surface area contributed by atoms with Gasteiger partial charge in [0.25, 0.3) is 0 Å². The molecule has 0 aliphatic carbocycles. The van der Waals surface area contributed by atoms with E-state index in [9.17, 15) is 9.50 Å². The molecule has 158 valence electrons. The summed E-state index contributed by atoms with van der Waals surface area (Å²) in [6.45, 7) is 6.37. The van der Waals surface area contributed by atoms with Gasteiger partial charge in [0.1, 0.15) is 18.1 Å². The molecule has 0 radical (unpaired) electrons. The quantitative estimate of drug-likeness (QED) is 0.705. The summed E-state index contributed by atoms with van der Waals surface area (Å²) >= 11 is 1.79. The number of phenols is 1. The first kappa shape index (κ1) is 21.9. The summed E-state index contributed by atoms with van der Waals surface area (Å²) in [4.78, 5) is 2.22. The number of hydrogen-bond acceptors (Lipinski definition) is 5. The number of para-hydroxylation sites is 1. The third-order valence-electron chi connectivity index (χ3n) is 5.43. The fourth-order valence-corrected chi connectivity index (χ4v) is 4.41. The van der Waals surface area contributed by atoms with Gasteiger partial charge in [-0.05, 0) is 55.0 Å². The number of halogens is 1. The Balaban J connectivity index is 0.000000166. The van der Waals surface area contributed by atoms with Crippen molar-refractivity contribution in [3.63, 3.8) is 0 Å². The van der Waals surface area contributed by atoms with Crippen molar-refractivity contribution in [1.82, 2.24) is 9.21 Å². The Morgan fingerprint density at radius 2 is 1.90 bits per heavy atom. The normalized spacial score (nSPS) is 19.6. The van der Waals surface area contributed by atoms with Crippen LogP contribution in [0.5, 0.6) is 11.5 Å². The summed E-state index contributed by atoms with van der Waals surface area (Å²) < 4.78 is 20.1. The van der Waals surface area contributed by atoms with Crippen LogP contribution >= 0.6 is 11.9 Å². The standard InChI is InChI=1S/C12H16FNO.C11H15NOS/c13-8-11-9-14(10-11)6-7-15-12-4-2-1-3-5-12;1-8-5-10-6-11(13)4-3-9(10)7-12(8)14-2/h1-5,11H,6-10H2;3-4,6,8,13H,5,7H2,1-2H3/t;8-/m.1/s1. The summed E-state index contributed by atoms with van der Waals surface area (Å²) in [5.41, 5.74) is 2.64. The minimum atomic E-state index is -0.184. The van der Waals surface area contributed by atoms with Gasteiger partial charge < -0.3 is 9.84 Å². The van der Waals surface area contributed by atoms with Gasteiger partial charge in [-0.1, -0.05) is 36.2 Å². The van der Waals surface area contributed by atoms with Gasteiger partial charge in [0.15, 0.2) is 0 Å². The molecular weight excluding hydrogens is 387 g/mol. The number of rotatable bonds is 6. The van der Waals surface area contributed by atoms with E-state index in [4.69, 9.17) is 4.74 Å². The summed E-state index contributed by atoms with van der Waals surface area (Å²) in [5.74, 6) is 1.55. The number of phenolic OH excluding ortho intramolecular Hbond substituents is 1. The minimum Gasteiger partial charge on any atom is -0.508 e. The van der Waals surface area contributed by atoms with E-state index in [0.29, 0.717) is 18.4 Å². The number of alkyl halides is 1. The molecule has 0 amide bonds. The molecule has 0 unspecified atom stereocenters. The van der Waals surface area contributed by atoms with Gasteiger partial charge in [0, 0.05) is 38.1 Å². The molecule has 4 rings (SSSR count). The molecule has 0 aromatic heterocycles. The molecule has 2 aromatic rings. The third-order valence-corrected chi connectivity index (χ3v) is 6.39. The highest BCUT2D eigenvalue weighted by Gasteiger charge is 2.25. The average molecular weight is 419 g/mol. The van der Waals surface area contributed by atoms with Gasteiger partial charge in [0.2, 0.25) is 0 Å². The van der Waals surface area contributed by atoms with Gasteiger partial charge in [-0.25, -0.2) is 4.31 Å². The van der Waals surface area contributed by atoms with Gasteiger partial charge in [-0.3, -0.25) is 9.29 Å². The lowest BCUT2D eigenvalue weighted by atomic mass is 9.96. The summed E-state index contributed by atoms with van der Waals surface area (Å²) in [7, 11) is 0. The highest BCUT2D eigenvalue weighted by Crippen LogP contribution is 2.29. The first-order valence-corrected chi connectivity index (χ1v) is 11.3. The Bertz CT molecular complexity index is 756. The molecule has 0 spiro atoms. The van der Waals surface area contributed by atoms with Gasteiger partial charge in [-0.15, -0.1) is 0 Å². The van der Waals surface area contributed by atoms with Crippen molar-refractivity contribution >= 4 is 11.9 Å². The second-order valence-electron chi connectivity index (χ2n) is 7.71. The van der Waals surface area contributed by atoms with Crippen LogP contribution in [-0.2, 0) is 13.0 Å². The fourth-order valence-electron chi connectivity index (χ4n) is 3.71. The smallest absolute Gasteiger partial charge is 0.119 e. The Morgan fingerprint density at radius 1 is 1.14 bits per heavy atom. The van der Waals surface area contributed by atoms with E-state index >= 15 is 0 Å². The number of fused-ring (bicyclic) bond motifs is 1. The number of hydrogen-bond donors (Lipinski definition) is 1. The lowest BCUT2D eigenvalue weighted by molar-refractivity contribution is 0.0668. The Labute approximate surface area is 177 Å². The van der Waals surface area contributed by atoms with E-state index in [1.807, 2.05) is 42.5 Å². The fraction of sp³-hybridized carbons (Fsp3) is 0.478. The van der Waals surface area contributed by atoms with Crippen LogP contribution < -0.4 is 4.74 Å². The average Bonchev–Trinajstić information content (AvgIpc) is 2.70. The van der Waals surface area contributed by atoms with Crippen LogP contribution in [0, 0.1) is 5.92 Å². The summed E-state index contributed by atoms with van der Waals surface area (Å²) in [6, 6.07) is 16.0. The highest BCUT2D eigenvalue weighted by molar-refractivity contribution is 7.96. The topological polar surface area (TPSA) is 35.9 Å². The van der Waals surface area contributed by atoms with Crippen molar-refractivity contribution in [3.05, 3.63) is 59.7 Å². The van der Waals surface area contributed by atoms with Crippen LogP contribution in [0.1, 0.15) is 18.1 Å². The maximum atomic E-state index is 12.1. The Morgan fingerprint density at radius 3 is 2.59 bits per heavy atom. The largest absolute Gasteiger partial charge is 0.508 e. The predicted molar refractivity (Wildman–Crippen MR) is 118 cm³/mol. The zero-order valence-corrected chi connectivity index (χ0v) is 18.1. The molecule has 1 N–H and O–H groups in total. The molecule has 2 aliphatic rings. The molecule has 4 nitrogen and oxygen atoms in total. The second kappa shape index (κ2) is 10.9. The first-order valence-electron chi connectivity index (χ1n) is 10.2. The number of nitrogens with zero attached hydrogens (tertiary/aromatic N) is 2. The molecule has 0 bridgehead atoms. The zero-order chi connectivity index (χ0) is 20.6. The lowest BCUT2D eigenvalue weighted by Gasteiger charge is -2.37. The van der Waals surface area contributed by atoms with Crippen molar-refractivity contribution in [2.24, 2.45) is 5.92 Å². The highest BCUT2D eigenvalue weighted by atomic mass is 32.2. The van der Waals surface area contributed by atoms with Gasteiger partial charge in [0.05, 0.1) is 6.67 Å². The van der Waals surface area contributed by atoms with Crippen molar-refractivity contribution in [2.45, 2.75) is 25.9 Å². The molecule has 6 heteroatoms. The SMILES string of the molecule is CSN1Cc2ccc(O)cc2C[C@H]1C.FCC1CN(CCOc2ccccc2)C1. The van der Waals surface area contributed by atoms with E-state index in [0.717, 1.165) is 38.3 Å². The van der Waals surface area contributed by atoms with Crippen molar-refractivity contribution in [2.75, 3.05) is 39.2 Å². The first-order chi connectivity index (χ1) is 14.1. The summed E-state index contributed by atoms with van der Waals surface area (Å²) in [5, 5.41) is 9.38. The number of benzene rings is 2. The Hall–Kier alpha value is -1.76. The molecule has 29 heavy (non-hydrogen) atoms. The van der Waals surface area contributed by atoms with Crippen LogP contribution in [0.3, 0.4) is 0 Å². The monoisotopic (exact) mass is 418 g/mol. The van der Waals surface area contributed by atoms with E-state index in [2.05, 4.69) is 22.4 Å². The zero-order valence-electron chi connectivity index (χ0n) is 17.3. The van der Waals surface area contributed by atoms with Gasteiger partial charge >= 0.3 is 0 Å². The van der Waals surface area contributed by atoms with Crippen molar-refractivity contribution < 1.29 is 14.2 Å². The second-order valence-corrected chi connectivity index (χ2v) is 8.54. The van der Waals surface area contributed by atoms with E-state index < -0.39 is 0 Å². The van der Waals surface area contributed by atoms with E-state index in [1.54, 1.807) is 18.0 Å². The van der Waals surface area contributed by atoms with Crippen LogP contribution in [0.4, 0.5) is 4.39 Å². The molecular formula is C23H31FN2O2S. The van der Waals surface area contributed by atoms with Crippen molar-refractivity contribution in [1.29, 1.82) is 0 Å². The molecule has 1 atom stereocenters. The number of ether oxygens (including phenoxy) is 1. The van der Waals surface area contributed by atoms with Crippen LogP contribution in [0.15, 0.2) is 48.5 Å². The van der Waals surface area contributed by atoms with Crippen molar-refractivity contribution in [3.8, 4) is 11.5 Å². The van der Waals surface area contributed by atoms with E-state index in [1.165, 1.54) is 11.1 Å². The van der Waals surface area contributed by atoms with Crippen LogP contribution in [0.25, 0.3) is 0 Å². The molecule has 1 fully saturated rings. The minimum absolute atomic E-state index is 0.184. The number of likely N-dealkylation sites (tertiary alicyclic amines) is 1. The maximum Gasteiger partial charge on any atom is 0.119 e. The third kappa shape index (κ3) is 6.36. The maximum absolute atomic E-state index is 12.1. The van der Waals surface area contributed by atoms with E-state index in [-0.39, 0.29) is 12.6 Å². The molecule has 2 aromatic carbocycles. The van der Waals surface area contributed by atoms with Crippen LogP contribution in [0.2, 0.25) is 0 Å². The molecule has 2 heterocycles. The van der Waals surface area contributed by atoms with Gasteiger partial charge in [-0.2, -0.15) is 0 Å². The lowest BCUT2D eigenvalue weighted by Crippen LogP contribution is -2.49. The predicted octanol–water partition coefficient (Wildman–Crippen LogP) is 4.38. The van der Waals surface area contributed by atoms with Crippen LogP contribution in [-0.4, -0.2) is 59.5 Å². The molecule has 2 aliphatic heterocycles. The Kier molecular flexibility index (Phi) is 8.21. The molecule has 0 saturated carbocycles. The number of aromatic hydroxyl groups is 1. The summed E-state index contributed by atoms with van der Waals surface area (Å²) in [6.07, 6.45) is 3.15. The molecule has 1 saturated heterocycles.